The van der Waals surface area contributed by atoms with Crippen LogP contribution in [0.3, 0.4) is 0 Å². The molecule has 2 aliphatic rings. The molecule has 0 radical (unpaired) electrons. The highest BCUT2D eigenvalue weighted by Gasteiger charge is 2.24. The Morgan fingerprint density at radius 2 is 2.06 bits per heavy atom. The Labute approximate surface area is 97.5 Å². The Kier molecular flexibility index (Phi) is 4.58. The molecular weight excluding hydrogens is 206 g/mol. The molecule has 2 aliphatic heterocycles. The number of hydrogen-bond acceptors (Lipinski definition) is 4. The molecule has 4 nitrogen and oxygen atoms in total. The highest BCUT2D eigenvalue weighted by molar-refractivity contribution is 4.77. The minimum absolute atomic E-state index is 0.00379. The number of aliphatic hydroxyl groups excluding tert-OH is 1. The topological polar surface area (TPSA) is 41.9 Å². The molecule has 2 fully saturated rings. The summed E-state index contributed by atoms with van der Waals surface area (Å²) in [7, 11) is 0. The summed E-state index contributed by atoms with van der Waals surface area (Å²) in [6, 6.07) is 0. The van der Waals surface area contributed by atoms with E-state index in [0.717, 1.165) is 52.1 Å². The first-order chi connectivity index (χ1) is 7.75. The van der Waals surface area contributed by atoms with Crippen molar-refractivity contribution in [3.8, 4) is 0 Å². The van der Waals surface area contributed by atoms with Gasteiger partial charge >= 0.3 is 0 Å². The van der Waals surface area contributed by atoms with Crippen molar-refractivity contribution >= 4 is 0 Å². The molecule has 0 aromatic rings. The first-order valence-electron chi connectivity index (χ1n) is 6.39. The van der Waals surface area contributed by atoms with E-state index in [4.69, 9.17) is 9.47 Å². The molecule has 0 aromatic heterocycles. The quantitative estimate of drug-likeness (QED) is 0.779. The third-order valence-electron chi connectivity index (χ3n) is 3.52. The van der Waals surface area contributed by atoms with Crippen LogP contribution >= 0.6 is 0 Å². The van der Waals surface area contributed by atoms with Gasteiger partial charge in [0.1, 0.15) is 0 Å². The van der Waals surface area contributed by atoms with Crippen molar-refractivity contribution < 1.29 is 14.6 Å². The Morgan fingerprint density at radius 1 is 1.31 bits per heavy atom. The molecule has 0 aromatic carbocycles. The Balaban J connectivity index is 1.65. The van der Waals surface area contributed by atoms with E-state index in [9.17, 15) is 5.11 Å². The van der Waals surface area contributed by atoms with Gasteiger partial charge in [-0.1, -0.05) is 6.92 Å². The van der Waals surface area contributed by atoms with E-state index in [2.05, 4.69) is 11.8 Å². The SMILES string of the molecule is CC1CN(CCC2OCCCO2)CCC1O. The number of aliphatic hydroxyl groups is 1. The molecular formula is C12H23NO3. The van der Waals surface area contributed by atoms with Gasteiger partial charge in [-0.25, -0.2) is 0 Å². The van der Waals surface area contributed by atoms with Crippen LogP contribution in [0.2, 0.25) is 0 Å². The molecule has 4 heteroatoms. The average molecular weight is 229 g/mol. The fourth-order valence-electron chi connectivity index (χ4n) is 2.41. The van der Waals surface area contributed by atoms with Crippen LogP contribution in [0.25, 0.3) is 0 Å². The third kappa shape index (κ3) is 3.42. The van der Waals surface area contributed by atoms with Crippen LogP contribution in [0.5, 0.6) is 0 Å². The molecule has 2 unspecified atom stereocenters. The highest BCUT2D eigenvalue weighted by atomic mass is 16.7. The number of hydrogen-bond donors (Lipinski definition) is 1. The van der Waals surface area contributed by atoms with Crippen molar-refractivity contribution in [3.05, 3.63) is 0 Å². The van der Waals surface area contributed by atoms with Crippen LogP contribution in [-0.2, 0) is 9.47 Å². The summed E-state index contributed by atoms with van der Waals surface area (Å²) < 4.78 is 11.0. The molecule has 94 valence electrons. The summed E-state index contributed by atoms with van der Waals surface area (Å²) in [5.41, 5.74) is 0. The van der Waals surface area contributed by atoms with E-state index in [1.807, 2.05) is 0 Å². The second-order valence-corrected chi connectivity index (χ2v) is 4.95. The van der Waals surface area contributed by atoms with Crippen LogP contribution in [0.4, 0.5) is 0 Å². The molecule has 0 aliphatic carbocycles. The maximum atomic E-state index is 9.64. The standard InChI is InChI=1S/C12H23NO3/c1-10-9-13(5-3-11(10)14)6-4-12-15-7-2-8-16-12/h10-12,14H,2-9H2,1H3. The minimum Gasteiger partial charge on any atom is -0.393 e. The summed E-state index contributed by atoms with van der Waals surface area (Å²) in [6.45, 7) is 6.79. The Bertz CT molecular complexity index is 206. The number of nitrogens with zero attached hydrogens (tertiary/aromatic N) is 1. The van der Waals surface area contributed by atoms with E-state index < -0.39 is 0 Å². The lowest BCUT2D eigenvalue weighted by Gasteiger charge is -2.35. The monoisotopic (exact) mass is 229 g/mol. The number of likely N-dealkylation sites (tertiary alicyclic amines) is 1. The first-order valence-corrected chi connectivity index (χ1v) is 6.39. The second-order valence-electron chi connectivity index (χ2n) is 4.95. The van der Waals surface area contributed by atoms with Crippen molar-refractivity contribution in [2.75, 3.05) is 32.8 Å². The van der Waals surface area contributed by atoms with Crippen LogP contribution < -0.4 is 0 Å². The zero-order chi connectivity index (χ0) is 11.4. The molecule has 0 spiro atoms. The van der Waals surface area contributed by atoms with E-state index in [1.54, 1.807) is 0 Å². The Hall–Kier alpha value is -0.160. The largest absolute Gasteiger partial charge is 0.393 e. The van der Waals surface area contributed by atoms with Crippen LogP contribution in [0.15, 0.2) is 0 Å². The summed E-state index contributed by atoms with van der Waals surface area (Å²) in [5.74, 6) is 0.391. The molecule has 16 heavy (non-hydrogen) atoms. The Morgan fingerprint density at radius 3 is 2.75 bits per heavy atom. The molecule has 2 saturated heterocycles. The lowest BCUT2D eigenvalue weighted by molar-refractivity contribution is -0.183. The summed E-state index contributed by atoms with van der Waals surface area (Å²) in [6.07, 6.45) is 2.74. The lowest BCUT2D eigenvalue weighted by atomic mass is 9.97. The maximum absolute atomic E-state index is 9.64. The summed E-state index contributed by atoms with van der Waals surface area (Å²) >= 11 is 0. The van der Waals surface area contributed by atoms with Crippen LogP contribution in [-0.4, -0.2) is 55.2 Å². The van der Waals surface area contributed by atoms with Gasteiger partial charge in [0.2, 0.25) is 0 Å². The third-order valence-corrected chi connectivity index (χ3v) is 3.52. The maximum Gasteiger partial charge on any atom is 0.158 e. The zero-order valence-electron chi connectivity index (χ0n) is 10.1. The van der Waals surface area contributed by atoms with E-state index in [-0.39, 0.29) is 12.4 Å². The van der Waals surface area contributed by atoms with Crippen molar-refractivity contribution in [3.63, 3.8) is 0 Å². The predicted octanol–water partition coefficient (Wildman–Crippen LogP) is 0.842. The number of ether oxygens (including phenoxy) is 2. The second kappa shape index (κ2) is 5.96. The van der Waals surface area contributed by atoms with Crippen LogP contribution in [0, 0.1) is 5.92 Å². The number of rotatable bonds is 3. The molecule has 0 saturated carbocycles. The van der Waals surface area contributed by atoms with Gasteiger partial charge in [-0.05, 0) is 18.8 Å². The summed E-state index contributed by atoms with van der Waals surface area (Å²) in [5, 5.41) is 9.64. The van der Waals surface area contributed by atoms with Gasteiger partial charge in [-0.15, -0.1) is 0 Å². The fourth-order valence-corrected chi connectivity index (χ4v) is 2.41. The molecule has 2 rings (SSSR count). The van der Waals surface area contributed by atoms with Gasteiger partial charge in [-0.3, -0.25) is 0 Å². The zero-order valence-corrected chi connectivity index (χ0v) is 10.1. The normalized spacial score (nSPS) is 34.1. The molecule has 1 N–H and O–H groups in total. The van der Waals surface area contributed by atoms with Gasteiger partial charge < -0.3 is 19.5 Å². The molecule has 0 bridgehead atoms. The van der Waals surface area contributed by atoms with Gasteiger partial charge in [0.15, 0.2) is 6.29 Å². The van der Waals surface area contributed by atoms with Crippen molar-refractivity contribution in [2.45, 2.75) is 38.6 Å². The van der Waals surface area contributed by atoms with Gasteiger partial charge in [0.25, 0.3) is 0 Å². The fraction of sp³-hybridized carbons (Fsp3) is 1.00. The minimum atomic E-state index is -0.113. The lowest BCUT2D eigenvalue weighted by Crippen LogP contribution is -2.43. The van der Waals surface area contributed by atoms with Crippen molar-refractivity contribution in [1.82, 2.24) is 4.90 Å². The van der Waals surface area contributed by atoms with E-state index in [1.165, 1.54) is 0 Å². The van der Waals surface area contributed by atoms with Gasteiger partial charge in [-0.2, -0.15) is 0 Å². The molecule has 0 amide bonds. The average Bonchev–Trinajstić information content (AvgIpc) is 2.32. The van der Waals surface area contributed by atoms with Crippen molar-refractivity contribution in [1.29, 1.82) is 0 Å². The van der Waals surface area contributed by atoms with Crippen molar-refractivity contribution in [2.24, 2.45) is 5.92 Å². The predicted molar refractivity (Wildman–Crippen MR) is 61.2 cm³/mol. The summed E-state index contributed by atoms with van der Waals surface area (Å²) in [4.78, 5) is 2.40. The first kappa shape index (κ1) is 12.3. The van der Waals surface area contributed by atoms with E-state index in [0.29, 0.717) is 5.92 Å². The van der Waals surface area contributed by atoms with Gasteiger partial charge in [0.05, 0.1) is 19.3 Å². The van der Waals surface area contributed by atoms with Crippen LogP contribution in [0.1, 0.15) is 26.2 Å². The molecule has 2 atom stereocenters. The molecule has 2 heterocycles. The van der Waals surface area contributed by atoms with E-state index >= 15 is 0 Å². The van der Waals surface area contributed by atoms with Gasteiger partial charge in [0, 0.05) is 26.1 Å². The smallest absolute Gasteiger partial charge is 0.158 e. The highest BCUT2D eigenvalue weighted by Crippen LogP contribution is 2.17. The number of piperidine rings is 1.